The van der Waals surface area contributed by atoms with Crippen LogP contribution in [0.25, 0.3) is 5.69 Å². The zero-order valence-corrected chi connectivity index (χ0v) is 20.4. The molecule has 0 N–H and O–H groups in total. The SMILES string of the molecule is FC(F)(CN1Cc2cc(Cl)ccc2-n2c(nnc2C2CC3(C2)CN(c2cnccn2)C3)C1)C1COC1. The van der Waals surface area contributed by atoms with E-state index in [9.17, 15) is 8.78 Å². The number of benzene rings is 1. The second-order valence-corrected chi connectivity index (χ2v) is 11.2. The molecule has 0 bridgehead atoms. The molecule has 1 aliphatic carbocycles. The van der Waals surface area contributed by atoms with Crippen LogP contribution in [0.15, 0.2) is 36.8 Å². The van der Waals surface area contributed by atoms with Gasteiger partial charge >= 0.3 is 0 Å². The van der Waals surface area contributed by atoms with Crippen LogP contribution < -0.4 is 4.90 Å². The lowest BCUT2D eigenvalue weighted by Crippen LogP contribution is -2.62. The third-order valence-corrected chi connectivity index (χ3v) is 8.35. The zero-order valence-electron chi connectivity index (χ0n) is 19.7. The number of alkyl halides is 2. The molecule has 3 aromatic rings. The average Bonchev–Trinajstić information content (AvgIpc) is 3.07. The fourth-order valence-electron chi connectivity index (χ4n) is 6.18. The summed E-state index contributed by atoms with van der Waals surface area (Å²) in [5.74, 6) is -0.754. The van der Waals surface area contributed by atoms with Crippen molar-refractivity contribution in [3.8, 4) is 5.69 Å². The van der Waals surface area contributed by atoms with Gasteiger partial charge in [0.2, 0.25) is 0 Å². The monoisotopic (exact) mass is 513 g/mol. The molecule has 11 heteroatoms. The molecular weight excluding hydrogens is 488 g/mol. The van der Waals surface area contributed by atoms with E-state index >= 15 is 0 Å². The Morgan fingerprint density at radius 2 is 1.94 bits per heavy atom. The number of rotatable bonds is 5. The number of anilines is 1. The number of ether oxygens (including phenoxy) is 1. The molecule has 0 unspecified atom stereocenters. The number of halogens is 3. The van der Waals surface area contributed by atoms with E-state index in [0.29, 0.717) is 23.9 Å². The van der Waals surface area contributed by atoms with Gasteiger partial charge < -0.3 is 9.64 Å². The molecule has 3 aliphatic heterocycles. The third-order valence-electron chi connectivity index (χ3n) is 8.12. The molecule has 2 saturated heterocycles. The standard InChI is InChI=1S/C25H26ClF2N7O/c26-19-1-2-20-16(5-19)9-33(15-25(27,28)18-11-36-12-18)10-22-31-32-23(35(20)22)17-6-24(7-17)13-34(14-24)21-8-29-3-4-30-21/h1-5,8,17-18H,6-7,9-15H2. The molecule has 36 heavy (non-hydrogen) atoms. The first-order valence-corrected chi connectivity index (χ1v) is 12.7. The normalized spacial score (nSPS) is 21.8. The maximum Gasteiger partial charge on any atom is 0.267 e. The van der Waals surface area contributed by atoms with Crippen molar-refractivity contribution in [1.29, 1.82) is 0 Å². The van der Waals surface area contributed by atoms with Crippen LogP contribution in [0, 0.1) is 11.3 Å². The van der Waals surface area contributed by atoms with Crippen molar-refractivity contribution < 1.29 is 13.5 Å². The first-order valence-electron chi connectivity index (χ1n) is 12.3. The van der Waals surface area contributed by atoms with Gasteiger partial charge in [-0.25, -0.2) is 13.8 Å². The van der Waals surface area contributed by atoms with Gasteiger partial charge in [0.05, 0.1) is 44.1 Å². The van der Waals surface area contributed by atoms with Crippen LogP contribution in [0.4, 0.5) is 14.6 Å². The maximum atomic E-state index is 14.9. The van der Waals surface area contributed by atoms with Gasteiger partial charge in [-0.15, -0.1) is 10.2 Å². The third kappa shape index (κ3) is 3.69. The molecule has 0 radical (unpaired) electrons. The summed E-state index contributed by atoms with van der Waals surface area (Å²) < 4.78 is 36.9. The highest BCUT2D eigenvalue weighted by Crippen LogP contribution is 2.56. The Kier molecular flexibility index (Phi) is 5.10. The Labute approximate surface area is 212 Å². The van der Waals surface area contributed by atoms with Gasteiger partial charge in [0.15, 0.2) is 5.82 Å². The Balaban J connectivity index is 1.13. The Hall–Kier alpha value is -2.69. The van der Waals surface area contributed by atoms with Crippen LogP contribution in [0.2, 0.25) is 5.02 Å². The fourth-order valence-corrected chi connectivity index (χ4v) is 6.37. The van der Waals surface area contributed by atoms with Crippen molar-refractivity contribution >= 4 is 17.4 Å². The van der Waals surface area contributed by atoms with Crippen molar-refractivity contribution in [1.82, 2.24) is 29.6 Å². The molecule has 1 aromatic carbocycles. The molecule has 1 spiro atoms. The molecule has 3 fully saturated rings. The highest BCUT2D eigenvalue weighted by Gasteiger charge is 2.54. The highest BCUT2D eigenvalue weighted by atomic mass is 35.5. The lowest BCUT2D eigenvalue weighted by molar-refractivity contribution is -0.179. The lowest BCUT2D eigenvalue weighted by Gasteiger charge is -2.59. The van der Waals surface area contributed by atoms with Crippen molar-refractivity contribution in [2.24, 2.45) is 11.3 Å². The number of aromatic nitrogens is 5. The molecule has 2 aromatic heterocycles. The summed E-state index contributed by atoms with van der Waals surface area (Å²) in [5, 5.41) is 9.67. The van der Waals surface area contributed by atoms with Gasteiger partial charge in [0, 0.05) is 48.4 Å². The van der Waals surface area contributed by atoms with Crippen LogP contribution in [-0.4, -0.2) is 68.4 Å². The quantitative estimate of drug-likeness (QED) is 0.515. The molecule has 8 nitrogen and oxygen atoms in total. The highest BCUT2D eigenvalue weighted by molar-refractivity contribution is 6.30. The number of hydrogen-bond donors (Lipinski definition) is 0. The minimum Gasteiger partial charge on any atom is -0.380 e. The van der Waals surface area contributed by atoms with E-state index in [0.717, 1.165) is 48.8 Å². The summed E-state index contributed by atoms with van der Waals surface area (Å²) in [4.78, 5) is 12.6. The van der Waals surface area contributed by atoms with Crippen molar-refractivity contribution in [2.45, 2.75) is 37.8 Å². The second-order valence-electron chi connectivity index (χ2n) is 10.7. The summed E-state index contributed by atoms with van der Waals surface area (Å²) in [6.07, 6.45) is 7.25. The van der Waals surface area contributed by atoms with Crippen molar-refractivity contribution in [3.63, 3.8) is 0 Å². The van der Waals surface area contributed by atoms with Crippen molar-refractivity contribution in [2.75, 3.05) is 37.7 Å². The van der Waals surface area contributed by atoms with Crippen LogP contribution >= 0.6 is 11.6 Å². The van der Waals surface area contributed by atoms with E-state index in [2.05, 4.69) is 29.6 Å². The summed E-state index contributed by atoms with van der Waals surface area (Å²) in [5.41, 5.74) is 2.11. The van der Waals surface area contributed by atoms with Gasteiger partial charge in [-0.05, 0) is 36.6 Å². The van der Waals surface area contributed by atoms with Crippen LogP contribution in [0.3, 0.4) is 0 Å². The Bertz CT molecular complexity index is 1280. The summed E-state index contributed by atoms with van der Waals surface area (Å²) in [6.45, 7) is 2.49. The fraction of sp³-hybridized carbons (Fsp3) is 0.520. The topological polar surface area (TPSA) is 72.2 Å². The first kappa shape index (κ1) is 22.5. The number of fused-ring (bicyclic) bond motifs is 3. The number of hydrogen-bond acceptors (Lipinski definition) is 7. The minimum absolute atomic E-state index is 0.112. The Morgan fingerprint density at radius 3 is 2.67 bits per heavy atom. The molecule has 0 amide bonds. The van der Waals surface area contributed by atoms with E-state index < -0.39 is 11.8 Å². The Morgan fingerprint density at radius 1 is 1.11 bits per heavy atom. The van der Waals surface area contributed by atoms with E-state index in [-0.39, 0.29) is 31.1 Å². The first-order chi connectivity index (χ1) is 17.4. The zero-order chi connectivity index (χ0) is 24.5. The van der Waals surface area contributed by atoms with Gasteiger partial charge in [-0.3, -0.25) is 14.5 Å². The van der Waals surface area contributed by atoms with Gasteiger partial charge in [0.25, 0.3) is 5.92 Å². The number of nitrogens with zero attached hydrogens (tertiary/aromatic N) is 7. The van der Waals surface area contributed by atoms with Crippen LogP contribution in [-0.2, 0) is 17.8 Å². The molecule has 0 atom stereocenters. The maximum absolute atomic E-state index is 14.9. The van der Waals surface area contributed by atoms with E-state index in [4.69, 9.17) is 16.3 Å². The van der Waals surface area contributed by atoms with E-state index in [1.165, 1.54) is 0 Å². The van der Waals surface area contributed by atoms with Crippen LogP contribution in [0.5, 0.6) is 0 Å². The average molecular weight is 514 g/mol. The lowest BCUT2D eigenvalue weighted by atomic mass is 9.57. The summed E-state index contributed by atoms with van der Waals surface area (Å²) in [7, 11) is 0. The van der Waals surface area contributed by atoms with Gasteiger partial charge in [-0.2, -0.15) is 0 Å². The molecule has 1 saturated carbocycles. The van der Waals surface area contributed by atoms with Crippen LogP contribution in [0.1, 0.15) is 36.0 Å². The second kappa shape index (κ2) is 8.16. The summed E-state index contributed by atoms with van der Waals surface area (Å²) >= 11 is 6.32. The van der Waals surface area contributed by atoms with Gasteiger partial charge in [0.1, 0.15) is 11.6 Å². The van der Waals surface area contributed by atoms with E-state index in [1.54, 1.807) is 23.5 Å². The predicted molar refractivity (Wildman–Crippen MR) is 128 cm³/mol. The molecule has 7 rings (SSSR count). The molecule has 188 valence electrons. The summed E-state index contributed by atoms with van der Waals surface area (Å²) in [6, 6.07) is 5.68. The largest absolute Gasteiger partial charge is 0.380 e. The van der Waals surface area contributed by atoms with E-state index in [1.807, 2.05) is 18.2 Å². The smallest absolute Gasteiger partial charge is 0.267 e. The molecule has 4 aliphatic rings. The molecule has 5 heterocycles. The van der Waals surface area contributed by atoms with Crippen molar-refractivity contribution in [3.05, 3.63) is 59.0 Å². The predicted octanol–water partition coefficient (Wildman–Crippen LogP) is 3.69. The minimum atomic E-state index is -2.82. The molecular formula is C25H26ClF2N7O. The van der Waals surface area contributed by atoms with Gasteiger partial charge in [-0.1, -0.05) is 11.6 Å².